The molecule has 1 aliphatic carbocycles. The molecule has 140 valence electrons. The minimum Gasteiger partial charge on any atom is -0.433 e. The summed E-state index contributed by atoms with van der Waals surface area (Å²) in [6.45, 7) is -2.98. The predicted octanol–water partition coefficient (Wildman–Crippen LogP) is 4.43. The average Bonchev–Trinajstić information content (AvgIpc) is 3.40. The molecule has 0 atom stereocenters. The van der Waals surface area contributed by atoms with Gasteiger partial charge in [-0.2, -0.15) is 13.1 Å². The van der Waals surface area contributed by atoms with Crippen LogP contribution in [0.4, 0.5) is 13.2 Å². The summed E-state index contributed by atoms with van der Waals surface area (Å²) in [5.74, 6) is -0.701. The molecule has 0 N–H and O–H groups in total. The fraction of sp³-hybridized carbons (Fsp3) is 0.294. The van der Waals surface area contributed by atoms with E-state index in [1.165, 1.54) is 34.6 Å². The SMILES string of the molecule is O=S(=O)(c1ccc(OC(F)F)c(Cl)c1)N(Cc1ccc(F)cc1)C1CC1. The topological polar surface area (TPSA) is 46.6 Å². The largest absolute Gasteiger partial charge is 0.433 e. The van der Waals surface area contributed by atoms with Crippen molar-refractivity contribution in [2.24, 2.45) is 0 Å². The summed E-state index contributed by atoms with van der Waals surface area (Å²) in [6, 6.07) is 8.79. The van der Waals surface area contributed by atoms with E-state index in [2.05, 4.69) is 4.74 Å². The maximum atomic E-state index is 13.1. The Bertz CT molecular complexity index is 887. The van der Waals surface area contributed by atoms with Gasteiger partial charge in [-0.1, -0.05) is 23.7 Å². The number of hydrogen-bond acceptors (Lipinski definition) is 3. The highest BCUT2D eigenvalue weighted by atomic mass is 35.5. The van der Waals surface area contributed by atoms with Crippen molar-refractivity contribution >= 4 is 21.6 Å². The van der Waals surface area contributed by atoms with Gasteiger partial charge in [0.05, 0.1) is 9.92 Å². The molecule has 26 heavy (non-hydrogen) atoms. The minimum atomic E-state index is -3.90. The van der Waals surface area contributed by atoms with Gasteiger partial charge in [-0.3, -0.25) is 0 Å². The van der Waals surface area contributed by atoms with Crippen molar-refractivity contribution in [3.05, 3.63) is 58.9 Å². The Morgan fingerprint density at radius 1 is 1.15 bits per heavy atom. The van der Waals surface area contributed by atoms with Crippen molar-refractivity contribution in [3.63, 3.8) is 0 Å². The van der Waals surface area contributed by atoms with Crippen molar-refractivity contribution in [2.75, 3.05) is 0 Å². The standard InChI is InChI=1S/C17H15ClF3NO3S/c18-15-9-14(7-8-16(15)25-17(20)21)26(23,24)22(13-5-6-13)10-11-1-3-12(19)4-2-11/h1-4,7-9,13,17H,5-6,10H2. The molecular weight excluding hydrogens is 391 g/mol. The molecule has 0 aliphatic heterocycles. The normalized spacial score (nSPS) is 14.8. The fourth-order valence-corrected chi connectivity index (χ4v) is 4.50. The number of sulfonamides is 1. The van der Waals surface area contributed by atoms with Gasteiger partial charge in [0.15, 0.2) is 0 Å². The number of nitrogens with zero attached hydrogens (tertiary/aromatic N) is 1. The molecule has 0 heterocycles. The Hall–Kier alpha value is -1.77. The number of rotatable bonds is 7. The molecule has 0 radical (unpaired) electrons. The molecule has 0 spiro atoms. The molecule has 2 aromatic carbocycles. The van der Waals surface area contributed by atoms with Gasteiger partial charge in [0.25, 0.3) is 0 Å². The second kappa shape index (κ2) is 7.46. The molecule has 1 fully saturated rings. The van der Waals surface area contributed by atoms with Crippen LogP contribution in [-0.4, -0.2) is 25.4 Å². The zero-order valence-electron chi connectivity index (χ0n) is 13.4. The molecule has 1 aliphatic rings. The highest BCUT2D eigenvalue weighted by molar-refractivity contribution is 7.89. The van der Waals surface area contributed by atoms with E-state index in [1.54, 1.807) is 0 Å². The van der Waals surface area contributed by atoms with E-state index in [1.807, 2.05) is 0 Å². The first-order valence-corrected chi connectivity index (χ1v) is 9.60. The van der Waals surface area contributed by atoms with Gasteiger partial charge in [0.1, 0.15) is 11.6 Å². The van der Waals surface area contributed by atoms with Crippen LogP contribution in [0.3, 0.4) is 0 Å². The van der Waals surface area contributed by atoms with E-state index in [9.17, 15) is 21.6 Å². The molecule has 2 aromatic rings. The Kier molecular flexibility index (Phi) is 5.45. The maximum Gasteiger partial charge on any atom is 0.387 e. The van der Waals surface area contributed by atoms with E-state index >= 15 is 0 Å². The Balaban J connectivity index is 1.88. The second-order valence-corrected chi connectivity index (χ2v) is 8.18. The lowest BCUT2D eigenvalue weighted by Gasteiger charge is -2.22. The Morgan fingerprint density at radius 2 is 1.81 bits per heavy atom. The molecular formula is C17H15ClF3NO3S. The number of ether oxygens (including phenoxy) is 1. The molecule has 0 saturated heterocycles. The summed E-state index contributed by atoms with van der Waals surface area (Å²) in [5, 5.41) is -0.219. The Morgan fingerprint density at radius 3 is 2.35 bits per heavy atom. The van der Waals surface area contributed by atoms with Crippen LogP contribution in [0.1, 0.15) is 18.4 Å². The molecule has 1 saturated carbocycles. The third-order valence-electron chi connectivity index (χ3n) is 3.93. The van der Waals surface area contributed by atoms with Crippen molar-refractivity contribution in [2.45, 2.75) is 36.9 Å². The summed E-state index contributed by atoms with van der Waals surface area (Å²) in [5.41, 5.74) is 0.644. The first kappa shape index (κ1) is 19.0. The van der Waals surface area contributed by atoms with Crippen LogP contribution in [0.25, 0.3) is 0 Å². The molecule has 0 unspecified atom stereocenters. The van der Waals surface area contributed by atoms with Crippen LogP contribution in [-0.2, 0) is 16.6 Å². The highest BCUT2D eigenvalue weighted by Crippen LogP contribution is 2.36. The second-order valence-electron chi connectivity index (χ2n) is 5.88. The smallest absolute Gasteiger partial charge is 0.387 e. The molecule has 0 bridgehead atoms. The van der Waals surface area contributed by atoms with Crippen LogP contribution in [0, 0.1) is 5.82 Å². The predicted molar refractivity (Wildman–Crippen MR) is 90.2 cm³/mol. The third-order valence-corrected chi connectivity index (χ3v) is 6.12. The van der Waals surface area contributed by atoms with Crippen LogP contribution < -0.4 is 4.74 Å². The van der Waals surface area contributed by atoms with Gasteiger partial charge in [-0.05, 0) is 48.7 Å². The molecule has 0 aromatic heterocycles. The van der Waals surface area contributed by atoms with Gasteiger partial charge in [-0.25, -0.2) is 12.8 Å². The van der Waals surface area contributed by atoms with Gasteiger partial charge < -0.3 is 4.74 Å². The fourth-order valence-electron chi connectivity index (χ4n) is 2.51. The lowest BCUT2D eigenvalue weighted by Crippen LogP contribution is -2.32. The highest BCUT2D eigenvalue weighted by Gasteiger charge is 2.38. The Labute approximate surface area is 154 Å². The van der Waals surface area contributed by atoms with E-state index in [-0.39, 0.29) is 28.3 Å². The van der Waals surface area contributed by atoms with Gasteiger partial charge in [-0.15, -0.1) is 0 Å². The number of halogens is 4. The quantitative estimate of drug-likeness (QED) is 0.684. The van der Waals surface area contributed by atoms with E-state index < -0.39 is 22.5 Å². The zero-order chi connectivity index (χ0) is 18.9. The van der Waals surface area contributed by atoms with Crippen LogP contribution >= 0.6 is 11.6 Å². The van der Waals surface area contributed by atoms with E-state index in [4.69, 9.17) is 11.6 Å². The van der Waals surface area contributed by atoms with Crippen LogP contribution in [0.15, 0.2) is 47.4 Å². The lowest BCUT2D eigenvalue weighted by atomic mass is 10.2. The summed E-state index contributed by atoms with van der Waals surface area (Å²) in [7, 11) is -3.90. The third kappa shape index (κ3) is 4.31. The van der Waals surface area contributed by atoms with Crippen molar-refractivity contribution in [1.82, 2.24) is 4.31 Å². The number of hydrogen-bond donors (Lipinski definition) is 0. The van der Waals surface area contributed by atoms with E-state index in [0.29, 0.717) is 5.56 Å². The number of benzene rings is 2. The average molecular weight is 406 g/mol. The van der Waals surface area contributed by atoms with Crippen LogP contribution in [0.5, 0.6) is 5.75 Å². The zero-order valence-corrected chi connectivity index (χ0v) is 15.0. The molecule has 3 rings (SSSR count). The van der Waals surface area contributed by atoms with Gasteiger partial charge in [0.2, 0.25) is 10.0 Å². The first-order valence-electron chi connectivity index (χ1n) is 7.78. The summed E-state index contributed by atoms with van der Waals surface area (Å²) >= 11 is 5.87. The number of alkyl halides is 2. The van der Waals surface area contributed by atoms with Gasteiger partial charge in [0, 0.05) is 12.6 Å². The summed E-state index contributed by atoms with van der Waals surface area (Å²) < 4.78 is 69.2. The lowest BCUT2D eigenvalue weighted by molar-refractivity contribution is -0.0498. The van der Waals surface area contributed by atoms with Crippen molar-refractivity contribution < 1.29 is 26.3 Å². The van der Waals surface area contributed by atoms with Crippen molar-refractivity contribution in [3.8, 4) is 5.75 Å². The monoisotopic (exact) mass is 405 g/mol. The minimum absolute atomic E-state index is 0.0835. The molecule has 0 amide bonds. The first-order chi connectivity index (χ1) is 12.3. The maximum absolute atomic E-state index is 13.1. The van der Waals surface area contributed by atoms with E-state index in [0.717, 1.165) is 25.0 Å². The molecule has 4 nitrogen and oxygen atoms in total. The van der Waals surface area contributed by atoms with Crippen molar-refractivity contribution in [1.29, 1.82) is 0 Å². The summed E-state index contributed by atoms with van der Waals surface area (Å²) in [4.78, 5) is -0.113. The van der Waals surface area contributed by atoms with Gasteiger partial charge >= 0.3 is 6.61 Å². The molecule has 9 heteroatoms. The summed E-state index contributed by atoms with van der Waals surface area (Å²) in [6.07, 6.45) is 1.45. The van der Waals surface area contributed by atoms with Crippen LogP contribution in [0.2, 0.25) is 5.02 Å².